The molecule has 2 heterocycles. The number of ether oxygens (including phenoxy) is 2. The Balaban J connectivity index is 1.85. The number of nitrogens with zero attached hydrogens (tertiary/aromatic N) is 1. The first-order valence-electron chi connectivity index (χ1n) is 8.42. The molecule has 0 saturated carbocycles. The predicted molar refractivity (Wildman–Crippen MR) is 103 cm³/mol. The van der Waals surface area contributed by atoms with Crippen LogP contribution in [0.2, 0.25) is 0 Å². The second-order valence-electron chi connectivity index (χ2n) is 6.45. The van der Waals surface area contributed by atoms with Gasteiger partial charge in [0.05, 0.1) is 29.9 Å². The van der Waals surface area contributed by atoms with E-state index in [1.807, 2.05) is 30.3 Å². The maximum absolute atomic E-state index is 12.7. The largest absolute Gasteiger partial charge is 0.493 e. The first-order chi connectivity index (χ1) is 12.5. The van der Waals surface area contributed by atoms with Gasteiger partial charge in [-0.2, -0.15) is 0 Å². The molecule has 0 aromatic heterocycles. The highest BCUT2D eigenvalue weighted by Gasteiger charge is 2.37. The number of nitrogens with one attached hydrogen (secondary N) is 1. The molecule has 2 aliphatic rings. The summed E-state index contributed by atoms with van der Waals surface area (Å²) in [5, 5.41) is 3.11. The zero-order chi connectivity index (χ0) is 18.4. The number of benzene rings is 2. The number of halogens is 1. The molecule has 2 aliphatic heterocycles. The van der Waals surface area contributed by atoms with E-state index < -0.39 is 0 Å². The van der Waals surface area contributed by atoms with Gasteiger partial charge in [-0.05, 0) is 51.7 Å². The van der Waals surface area contributed by atoms with Crippen LogP contribution in [0.3, 0.4) is 0 Å². The number of anilines is 1. The van der Waals surface area contributed by atoms with Crippen LogP contribution in [0.1, 0.15) is 40.1 Å². The third-order valence-electron chi connectivity index (χ3n) is 5.03. The maximum atomic E-state index is 12.7. The number of methoxy groups -OCH3 is 2. The molecule has 0 radical (unpaired) electrons. The highest BCUT2D eigenvalue weighted by Crippen LogP contribution is 2.44. The number of para-hydroxylation sites is 1. The van der Waals surface area contributed by atoms with Gasteiger partial charge in [0.25, 0.3) is 5.91 Å². The van der Waals surface area contributed by atoms with E-state index in [-0.39, 0.29) is 18.1 Å². The van der Waals surface area contributed by atoms with Crippen LogP contribution in [0.5, 0.6) is 11.5 Å². The Labute approximate surface area is 160 Å². The summed E-state index contributed by atoms with van der Waals surface area (Å²) in [7, 11) is 3.19. The fourth-order valence-electron chi connectivity index (χ4n) is 3.81. The molecule has 0 spiro atoms. The van der Waals surface area contributed by atoms with Crippen molar-refractivity contribution >= 4 is 27.5 Å². The topological polar surface area (TPSA) is 76.8 Å². The highest BCUT2D eigenvalue weighted by atomic mass is 79.9. The standard InChI is InChI=1S/C19H20BrN3O3/c1-25-15-9-10(8-13(20)17(15)26-2)18-22-19(24)12-5-3-4-11-14(21)6-7-23(18)16(11)12/h3-5,8-9,14,18H,6-7,21H2,1-2H3,(H,22,24)/t14-,18-/m1/s1. The molecule has 26 heavy (non-hydrogen) atoms. The molecule has 4 rings (SSSR count). The van der Waals surface area contributed by atoms with E-state index >= 15 is 0 Å². The fraction of sp³-hybridized carbons (Fsp3) is 0.316. The summed E-state index contributed by atoms with van der Waals surface area (Å²) in [6.45, 7) is 0.766. The molecule has 0 aliphatic carbocycles. The summed E-state index contributed by atoms with van der Waals surface area (Å²) in [6.07, 6.45) is 0.539. The van der Waals surface area contributed by atoms with E-state index in [0.29, 0.717) is 17.1 Å². The van der Waals surface area contributed by atoms with Crippen molar-refractivity contribution in [3.63, 3.8) is 0 Å². The Kier molecular flexibility index (Phi) is 4.28. The Bertz CT molecular complexity index is 887. The summed E-state index contributed by atoms with van der Waals surface area (Å²) in [5.41, 5.74) is 9.84. The molecule has 0 saturated heterocycles. The molecule has 0 fully saturated rings. The minimum atomic E-state index is -0.292. The minimum absolute atomic E-state index is 0.0510. The van der Waals surface area contributed by atoms with E-state index in [4.69, 9.17) is 15.2 Å². The van der Waals surface area contributed by atoms with Gasteiger partial charge in [-0.25, -0.2) is 0 Å². The van der Waals surface area contributed by atoms with Crippen molar-refractivity contribution in [1.29, 1.82) is 0 Å². The van der Waals surface area contributed by atoms with Crippen LogP contribution < -0.4 is 25.4 Å². The van der Waals surface area contributed by atoms with Crippen LogP contribution in [0.4, 0.5) is 5.69 Å². The van der Waals surface area contributed by atoms with E-state index in [2.05, 4.69) is 26.1 Å². The number of hydrogen-bond donors (Lipinski definition) is 2. The van der Waals surface area contributed by atoms with Gasteiger partial charge < -0.3 is 25.4 Å². The Morgan fingerprint density at radius 2 is 2.08 bits per heavy atom. The lowest BCUT2D eigenvalue weighted by Crippen LogP contribution is -2.49. The van der Waals surface area contributed by atoms with Crippen LogP contribution in [0, 0.1) is 0 Å². The lowest BCUT2D eigenvalue weighted by Gasteiger charge is -2.44. The molecule has 136 valence electrons. The van der Waals surface area contributed by atoms with Crippen LogP contribution in [-0.2, 0) is 0 Å². The zero-order valence-corrected chi connectivity index (χ0v) is 16.2. The molecule has 6 nitrogen and oxygen atoms in total. The SMILES string of the molecule is COc1cc([C@@H]2NC(=O)c3cccc4c3N2CC[C@H]4N)cc(Br)c1OC. The second kappa shape index (κ2) is 6.48. The monoisotopic (exact) mass is 417 g/mol. The summed E-state index contributed by atoms with van der Waals surface area (Å²) >= 11 is 3.54. The van der Waals surface area contributed by atoms with E-state index in [0.717, 1.165) is 34.3 Å². The van der Waals surface area contributed by atoms with Crippen molar-refractivity contribution in [3.8, 4) is 11.5 Å². The molecular weight excluding hydrogens is 398 g/mol. The summed E-state index contributed by atoms with van der Waals surface area (Å²) in [4.78, 5) is 14.9. The maximum Gasteiger partial charge on any atom is 0.255 e. The van der Waals surface area contributed by atoms with Crippen LogP contribution in [-0.4, -0.2) is 26.7 Å². The Morgan fingerprint density at radius 1 is 1.27 bits per heavy atom. The van der Waals surface area contributed by atoms with Crippen molar-refractivity contribution in [2.45, 2.75) is 18.6 Å². The van der Waals surface area contributed by atoms with Crippen molar-refractivity contribution in [2.75, 3.05) is 25.7 Å². The van der Waals surface area contributed by atoms with Crippen molar-refractivity contribution in [3.05, 3.63) is 51.5 Å². The van der Waals surface area contributed by atoms with Crippen LogP contribution >= 0.6 is 15.9 Å². The molecule has 0 bridgehead atoms. The van der Waals surface area contributed by atoms with Gasteiger partial charge in [-0.1, -0.05) is 12.1 Å². The number of hydrogen-bond acceptors (Lipinski definition) is 5. The quantitative estimate of drug-likeness (QED) is 0.801. The lowest BCUT2D eigenvalue weighted by molar-refractivity contribution is 0.0925. The lowest BCUT2D eigenvalue weighted by atomic mass is 9.90. The van der Waals surface area contributed by atoms with Crippen molar-refractivity contribution in [1.82, 2.24) is 5.32 Å². The summed E-state index contributed by atoms with van der Waals surface area (Å²) in [6, 6.07) is 9.55. The third-order valence-corrected chi connectivity index (χ3v) is 5.62. The molecule has 1 amide bonds. The van der Waals surface area contributed by atoms with Crippen molar-refractivity contribution in [2.24, 2.45) is 5.73 Å². The highest BCUT2D eigenvalue weighted by molar-refractivity contribution is 9.10. The summed E-state index contributed by atoms with van der Waals surface area (Å²) in [5.74, 6) is 1.14. The number of carbonyl (C=O) groups is 1. The molecule has 2 aromatic rings. The van der Waals surface area contributed by atoms with Gasteiger partial charge in [-0.15, -0.1) is 0 Å². The molecule has 7 heteroatoms. The fourth-order valence-corrected chi connectivity index (χ4v) is 4.43. The predicted octanol–water partition coefficient (Wildman–Crippen LogP) is 3.12. The second-order valence-corrected chi connectivity index (χ2v) is 7.30. The van der Waals surface area contributed by atoms with Gasteiger partial charge >= 0.3 is 0 Å². The number of rotatable bonds is 3. The van der Waals surface area contributed by atoms with Gasteiger partial charge in [0.2, 0.25) is 0 Å². The van der Waals surface area contributed by atoms with Crippen LogP contribution in [0.15, 0.2) is 34.8 Å². The van der Waals surface area contributed by atoms with E-state index in [1.165, 1.54) is 0 Å². The number of nitrogens with two attached hydrogens (primary N) is 1. The molecule has 2 atom stereocenters. The Morgan fingerprint density at radius 3 is 2.81 bits per heavy atom. The summed E-state index contributed by atoms with van der Waals surface area (Å²) < 4.78 is 11.6. The normalized spacial score (nSPS) is 21.1. The van der Waals surface area contributed by atoms with E-state index in [1.54, 1.807) is 14.2 Å². The zero-order valence-electron chi connectivity index (χ0n) is 14.6. The first-order valence-corrected chi connectivity index (χ1v) is 9.22. The average molecular weight is 418 g/mol. The van der Waals surface area contributed by atoms with Gasteiger partial charge in [0.1, 0.15) is 6.17 Å². The number of amides is 1. The average Bonchev–Trinajstić information content (AvgIpc) is 2.65. The molecular formula is C19H20BrN3O3. The minimum Gasteiger partial charge on any atom is -0.493 e. The van der Waals surface area contributed by atoms with Gasteiger partial charge in [-0.3, -0.25) is 4.79 Å². The smallest absolute Gasteiger partial charge is 0.255 e. The third kappa shape index (κ3) is 2.54. The van der Waals surface area contributed by atoms with Gasteiger partial charge in [0.15, 0.2) is 11.5 Å². The van der Waals surface area contributed by atoms with Crippen molar-refractivity contribution < 1.29 is 14.3 Å². The van der Waals surface area contributed by atoms with Gasteiger partial charge in [0, 0.05) is 12.6 Å². The molecule has 2 aromatic carbocycles. The molecule has 3 N–H and O–H groups in total. The Hall–Kier alpha value is -2.25. The molecule has 0 unspecified atom stereocenters. The first kappa shape index (κ1) is 17.2. The van der Waals surface area contributed by atoms with Crippen LogP contribution in [0.25, 0.3) is 0 Å². The van der Waals surface area contributed by atoms with E-state index in [9.17, 15) is 4.79 Å². The number of carbonyl (C=O) groups excluding carboxylic acids is 1.